The van der Waals surface area contributed by atoms with Crippen LogP contribution in [0.4, 0.5) is 5.69 Å². The molecule has 0 saturated heterocycles. The number of nitro benzene ring substituents is 1. The maximum atomic E-state index is 10.7. The first kappa shape index (κ1) is 13.4. The summed E-state index contributed by atoms with van der Waals surface area (Å²) in [7, 11) is 0. The second-order valence-corrected chi connectivity index (χ2v) is 3.31. The monoisotopic (exact) mass is 256 g/mol. The minimum Gasteiger partial charge on any atom is -0.502 e. The van der Waals surface area contributed by atoms with Crippen LogP contribution in [0.25, 0.3) is 0 Å². The molecule has 0 radical (unpaired) electrons. The van der Waals surface area contributed by atoms with Gasteiger partial charge in [0, 0.05) is 11.6 Å². The number of aromatic hydroxyl groups is 1. The van der Waals surface area contributed by atoms with Gasteiger partial charge in [0.15, 0.2) is 5.75 Å². The second-order valence-electron chi connectivity index (χ2n) is 3.31. The molecule has 0 bridgehead atoms. The van der Waals surface area contributed by atoms with Crippen LogP contribution in [0.15, 0.2) is 12.1 Å². The van der Waals surface area contributed by atoms with Gasteiger partial charge in [0.25, 0.3) is 0 Å². The zero-order chi connectivity index (χ0) is 14.0. The van der Waals surface area contributed by atoms with Crippen molar-refractivity contribution in [1.29, 1.82) is 0 Å². The van der Waals surface area contributed by atoms with Gasteiger partial charge in [-0.05, 0) is 6.07 Å². The Morgan fingerprint density at radius 3 is 2.28 bits per heavy atom. The zero-order valence-corrected chi connectivity index (χ0v) is 8.73. The third-order valence-electron chi connectivity index (χ3n) is 2.16. The molecular formula is C9H8N2O7. The fourth-order valence-electron chi connectivity index (χ4n) is 1.27. The van der Waals surface area contributed by atoms with Crippen molar-refractivity contribution in [2.45, 2.75) is 6.04 Å². The molecule has 0 aliphatic carbocycles. The number of benzene rings is 1. The van der Waals surface area contributed by atoms with Crippen LogP contribution in [0.2, 0.25) is 0 Å². The number of hydrogen-bond acceptors (Lipinski definition) is 6. The first-order valence-electron chi connectivity index (χ1n) is 4.48. The molecule has 0 aromatic heterocycles. The molecule has 0 saturated carbocycles. The Kier molecular flexibility index (Phi) is 3.47. The molecule has 96 valence electrons. The van der Waals surface area contributed by atoms with E-state index in [4.69, 9.17) is 15.9 Å². The van der Waals surface area contributed by atoms with Crippen LogP contribution in [0, 0.1) is 10.1 Å². The van der Waals surface area contributed by atoms with E-state index in [1.807, 2.05) is 0 Å². The van der Waals surface area contributed by atoms with Gasteiger partial charge >= 0.3 is 17.6 Å². The van der Waals surface area contributed by atoms with Crippen molar-refractivity contribution >= 4 is 17.6 Å². The number of rotatable bonds is 4. The highest BCUT2D eigenvalue weighted by Crippen LogP contribution is 2.34. The minimum absolute atomic E-state index is 0.533. The first-order valence-corrected chi connectivity index (χ1v) is 4.48. The van der Waals surface area contributed by atoms with Crippen LogP contribution in [0.3, 0.4) is 0 Å². The van der Waals surface area contributed by atoms with Crippen LogP contribution in [0.1, 0.15) is 22.0 Å². The SMILES string of the molecule is N[C@H](C(=O)O)c1cc(C(=O)O)cc([N+](=O)[O-])c1O. The second kappa shape index (κ2) is 4.67. The fourth-order valence-corrected chi connectivity index (χ4v) is 1.27. The van der Waals surface area contributed by atoms with E-state index in [1.165, 1.54) is 0 Å². The highest BCUT2D eigenvalue weighted by atomic mass is 16.6. The van der Waals surface area contributed by atoms with Crippen LogP contribution >= 0.6 is 0 Å². The highest BCUT2D eigenvalue weighted by Gasteiger charge is 2.27. The Bertz CT molecular complexity index is 540. The number of carbonyl (C=O) groups is 2. The number of aromatic carboxylic acids is 1. The third kappa shape index (κ3) is 2.35. The molecule has 0 heterocycles. The smallest absolute Gasteiger partial charge is 0.335 e. The predicted molar refractivity (Wildman–Crippen MR) is 56.3 cm³/mol. The van der Waals surface area contributed by atoms with E-state index < -0.39 is 45.5 Å². The quantitative estimate of drug-likeness (QED) is 0.434. The van der Waals surface area contributed by atoms with Crippen LogP contribution < -0.4 is 5.73 Å². The lowest BCUT2D eigenvalue weighted by Crippen LogP contribution is -2.21. The number of hydrogen-bond donors (Lipinski definition) is 4. The molecule has 1 aromatic carbocycles. The summed E-state index contributed by atoms with van der Waals surface area (Å²) < 4.78 is 0. The number of aliphatic carboxylic acids is 1. The molecule has 9 nitrogen and oxygen atoms in total. The molecule has 0 unspecified atom stereocenters. The van der Waals surface area contributed by atoms with Crippen LogP contribution in [0.5, 0.6) is 5.75 Å². The van der Waals surface area contributed by atoms with E-state index in [0.29, 0.717) is 6.07 Å². The predicted octanol–water partition coefficient (Wildman–Crippen LogP) is 0.0830. The summed E-state index contributed by atoms with van der Waals surface area (Å²) in [4.78, 5) is 31.0. The average Bonchev–Trinajstić information content (AvgIpc) is 2.27. The number of carboxylic acids is 2. The third-order valence-corrected chi connectivity index (χ3v) is 2.16. The lowest BCUT2D eigenvalue weighted by molar-refractivity contribution is -0.386. The van der Waals surface area contributed by atoms with Crippen molar-refractivity contribution in [2.75, 3.05) is 0 Å². The van der Waals surface area contributed by atoms with E-state index in [0.717, 1.165) is 6.07 Å². The van der Waals surface area contributed by atoms with Crippen molar-refractivity contribution in [1.82, 2.24) is 0 Å². The summed E-state index contributed by atoms with van der Waals surface area (Å²) in [6.45, 7) is 0. The normalized spacial score (nSPS) is 11.8. The molecule has 5 N–H and O–H groups in total. The van der Waals surface area contributed by atoms with Crippen molar-refractivity contribution in [2.24, 2.45) is 5.73 Å². The van der Waals surface area contributed by atoms with Crippen molar-refractivity contribution in [3.05, 3.63) is 33.4 Å². The topological polar surface area (TPSA) is 164 Å². The van der Waals surface area contributed by atoms with E-state index in [-0.39, 0.29) is 0 Å². The van der Waals surface area contributed by atoms with Gasteiger partial charge in [-0.2, -0.15) is 0 Å². The standard InChI is InChI=1S/C9H8N2O7/c10-6(9(15)16)4-1-3(8(13)14)2-5(7(4)12)11(17)18/h1-2,6,12H,10H2,(H,13,14)(H,15,16)/t6-/m0/s1. The molecule has 1 rings (SSSR count). The number of phenolic OH excluding ortho intramolecular Hbond substituents is 1. The van der Waals surface area contributed by atoms with Gasteiger partial charge in [-0.15, -0.1) is 0 Å². The lowest BCUT2D eigenvalue weighted by Gasteiger charge is -2.10. The summed E-state index contributed by atoms with van der Waals surface area (Å²) in [6.07, 6.45) is 0. The number of nitrogens with two attached hydrogens (primary N) is 1. The van der Waals surface area contributed by atoms with Crippen LogP contribution in [-0.4, -0.2) is 32.2 Å². The molecule has 0 aliphatic rings. The largest absolute Gasteiger partial charge is 0.502 e. The number of phenols is 1. The van der Waals surface area contributed by atoms with Crippen LogP contribution in [-0.2, 0) is 4.79 Å². The summed E-state index contributed by atoms with van der Waals surface area (Å²) in [5, 5.41) is 37.5. The zero-order valence-electron chi connectivity index (χ0n) is 8.73. The van der Waals surface area contributed by atoms with E-state index in [2.05, 4.69) is 0 Å². The average molecular weight is 256 g/mol. The Morgan fingerprint density at radius 1 is 1.33 bits per heavy atom. The molecule has 0 aliphatic heterocycles. The van der Waals surface area contributed by atoms with Gasteiger partial charge < -0.3 is 21.1 Å². The highest BCUT2D eigenvalue weighted by molar-refractivity contribution is 5.90. The molecule has 0 spiro atoms. The van der Waals surface area contributed by atoms with Gasteiger partial charge in [0.05, 0.1) is 10.5 Å². The molecule has 1 atom stereocenters. The summed E-state index contributed by atoms with van der Waals surface area (Å²) in [5.74, 6) is -4.01. The molecule has 0 fully saturated rings. The maximum absolute atomic E-state index is 10.7. The van der Waals surface area contributed by atoms with Gasteiger partial charge in [0.2, 0.25) is 0 Å². The minimum atomic E-state index is -1.76. The molecule has 0 amide bonds. The van der Waals surface area contributed by atoms with E-state index in [1.54, 1.807) is 0 Å². The Hall–Kier alpha value is -2.68. The number of nitrogens with zero attached hydrogens (tertiary/aromatic N) is 1. The van der Waals surface area contributed by atoms with E-state index >= 15 is 0 Å². The lowest BCUT2D eigenvalue weighted by atomic mass is 10.0. The Morgan fingerprint density at radius 2 is 1.89 bits per heavy atom. The summed E-state index contributed by atoms with van der Waals surface area (Å²) >= 11 is 0. The van der Waals surface area contributed by atoms with Crippen molar-refractivity contribution in [3.63, 3.8) is 0 Å². The summed E-state index contributed by atoms with van der Waals surface area (Å²) in [5.41, 5.74) is 3.22. The van der Waals surface area contributed by atoms with Gasteiger partial charge in [0.1, 0.15) is 6.04 Å². The Labute approximate surface area is 99.2 Å². The molecular weight excluding hydrogens is 248 g/mol. The maximum Gasteiger partial charge on any atom is 0.335 e. The van der Waals surface area contributed by atoms with Gasteiger partial charge in [-0.1, -0.05) is 0 Å². The summed E-state index contributed by atoms with van der Waals surface area (Å²) in [6, 6.07) is -0.359. The molecule has 18 heavy (non-hydrogen) atoms. The molecule has 1 aromatic rings. The Balaban J connectivity index is 3.54. The van der Waals surface area contributed by atoms with Gasteiger partial charge in [-0.3, -0.25) is 14.9 Å². The first-order chi connectivity index (χ1) is 8.25. The fraction of sp³-hybridized carbons (Fsp3) is 0.111. The number of nitro groups is 1. The molecule has 9 heteroatoms. The van der Waals surface area contributed by atoms with Crippen molar-refractivity contribution in [3.8, 4) is 5.75 Å². The van der Waals surface area contributed by atoms with Crippen molar-refractivity contribution < 1.29 is 29.8 Å². The van der Waals surface area contributed by atoms with E-state index in [9.17, 15) is 24.8 Å². The number of carboxylic acid groups (broad SMARTS) is 2. The van der Waals surface area contributed by atoms with Gasteiger partial charge in [-0.25, -0.2) is 4.79 Å².